The van der Waals surface area contributed by atoms with Crippen molar-refractivity contribution in [2.75, 3.05) is 13.1 Å². The topological polar surface area (TPSA) is 88.3 Å². The minimum Gasteiger partial charge on any atom is -0.369 e. The molecule has 7 heteroatoms. The summed E-state index contributed by atoms with van der Waals surface area (Å²) in [6.07, 6.45) is 0.636. The summed E-state index contributed by atoms with van der Waals surface area (Å²) >= 11 is 1.58. The molecule has 126 valence electrons. The quantitative estimate of drug-likeness (QED) is 0.890. The lowest BCUT2D eigenvalue weighted by atomic mass is 10.1. The SMILES string of the molecule is Cc1sc(CNC(=O)N2CCC(C(N)=O)C2)nc1-c1ccccc1. The Morgan fingerprint density at radius 3 is 2.79 bits per heavy atom. The van der Waals surface area contributed by atoms with Gasteiger partial charge in [-0.05, 0) is 13.3 Å². The number of thiazole rings is 1. The molecular weight excluding hydrogens is 324 g/mol. The predicted octanol–water partition coefficient (Wildman–Crippen LogP) is 2.14. The first-order chi connectivity index (χ1) is 11.5. The first-order valence-electron chi connectivity index (χ1n) is 7.88. The van der Waals surface area contributed by atoms with Crippen LogP contribution in [0.5, 0.6) is 0 Å². The van der Waals surface area contributed by atoms with Crippen molar-refractivity contribution in [2.24, 2.45) is 11.7 Å². The van der Waals surface area contributed by atoms with Crippen molar-refractivity contribution < 1.29 is 9.59 Å². The lowest BCUT2D eigenvalue weighted by Crippen LogP contribution is -2.39. The molecular formula is C17H20N4O2S. The van der Waals surface area contributed by atoms with Gasteiger partial charge in [0.05, 0.1) is 18.2 Å². The number of primary amides is 1. The Morgan fingerprint density at radius 2 is 2.12 bits per heavy atom. The van der Waals surface area contributed by atoms with Gasteiger partial charge in [-0.25, -0.2) is 9.78 Å². The zero-order valence-corrected chi connectivity index (χ0v) is 14.3. The Hall–Kier alpha value is -2.41. The van der Waals surface area contributed by atoms with Gasteiger partial charge in [0.1, 0.15) is 5.01 Å². The molecule has 1 aliphatic heterocycles. The van der Waals surface area contributed by atoms with Crippen LogP contribution in [0.2, 0.25) is 0 Å². The third-order valence-corrected chi connectivity index (χ3v) is 5.13. The minimum absolute atomic E-state index is 0.173. The Bertz CT molecular complexity index is 744. The van der Waals surface area contributed by atoms with Crippen molar-refractivity contribution >= 4 is 23.3 Å². The van der Waals surface area contributed by atoms with E-state index in [1.54, 1.807) is 16.2 Å². The van der Waals surface area contributed by atoms with Crippen LogP contribution >= 0.6 is 11.3 Å². The van der Waals surface area contributed by atoms with Gasteiger partial charge in [-0.3, -0.25) is 4.79 Å². The average molecular weight is 344 g/mol. The fourth-order valence-corrected chi connectivity index (χ4v) is 3.73. The Labute approximate surface area is 144 Å². The number of likely N-dealkylation sites (tertiary alicyclic amines) is 1. The molecule has 1 saturated heterocycles. The Balaban J connectivity index is 1.60. The van der Waals surface area contributed by atoms with E-state index in [0.29, 0.717) is 26.1 Å². The third-order valence-electron chi connectivity index (χ3n) is 4.16. The first-order valence-corrected chi connectivity index (χ1v) is 8.70. The number of amides is 3. The highest BCUT2D eigenvalue weighted by molar-refractivity contribution is 7.12. The van der Waals surface area contributed by atoms with Gasteiger partial charge in [0.2, 0.25) is 5.91 Å². The van der Waals surface area contributed by atoms with Crippen molar-refractivity contribution in [2.45, 2.75) is 19.9 Å². The van der Waals surface area contributed by atoms with E-state index in [4.69, 9.17) is 5.73 Å². The van der Waals surface area contributed by atoms with Crippen LogP contribution in [0.3, 0.4) is 0 Å². The second kappa shape index (κ2) is 7.00. The van der Waals surface area contributed by atoms with Crippen molar-refractivity contribution in [3.05, 3.63) is 40.2 Å². The summed E-state index contributed by atoms with van der Waals surface area (Å²) in [6, 6.07) is 9.82. The van der Waals surface area contributed by atoms with E-state index in [0.717, 1.165) is 21.1 Å². The molecule has 1 fully saturated rings. The van der Waals surface area contributed by atoms with Gasteiger partial charge in [0.15, 0.2) is 0 Å². The van der Waals surface area contributed by atoms with E-state index in [2.05, 4.69) is 10.3 Å². The molecule has 1 atom stereocenters. The number of aromatic nitrogens is 1. The molecule has 1 unspecified atom stereocenters. The number of carbonyl (C=O) groups excluding carboxylic acids is 2. The maximum atomic E-state index is 12.2. The fraction of sp³-hybridized carbons (Fsp3) is 0.353. The molecule has 3 N–H and O–H groups in total. The van der Waals surface area contributed by atoms with Crippen LogP contribution in [0.15, 0.2) is 30.3 Å². The van der Waals surface area contributed by atoms with E-state index in [1.807, 2.05) is 37.3 Å². The standard InChI is InChI=1S/C17H20N4O2S/c1-11-15(12-5-3-2-4-6-12)20-14(24-11)9-19-17(23)21-8-7-13(10-21)16(18)22/h2-6,13H,7-10H2,1H3,(H2,18,22)(H,19,23). The molecule has 24 heavy (non-hydrogen) atoms. The van der Waals surface area contributed by atoms with Gasteiger partial charge in [-0.2, -0.15) is 0 Å². The van der Waals surface area contributed by atoms with E-state index in [9.17, 15) is 9.59 Å². The zero-order valence-electron chi connectivity index (χ0n) is 13.5. The van der Waals surface area contributed by atoms with E-state index < -0.39 is 0 Å². The smallest absolute Gasteiger partial charge is 0.317 e. The number of nitrogens with one attached hydrogen (secondary N) is 1. The fourth-order valence-electron chi connectivity index (χ4n) is 2.83. The van der Waals surface area contributed by atoms with Gasteiger partial charge >= 0.3 is 6.03 Å². The Morgan fingerprint density at radius 1 is 1.38 bits per heavy atom. The molecule has 2 aromatic rings. The summed E-state index contributed by atoms with van der Waals surface area (Å²) in [7, 11) is 0. The first kappa shape index (κ1) is 16.4. The van der Waals surface area contributed by atoms with Crippen LogP contribution in [0.25, 0.3) is 11.3 Å². The van der Waals surface area contributed by atoms with Gasteiger partial charge in [0, 0.05) is 23.5 Å². The normalized spacial score (nSPS) is 17.0. The monoisotopic (exact) mass is 344 g/mol. The van der Waals surface area contributed by atoms with Crippen LogP contribution in [0, 0.1) is 12.8 Å². The molecule has 3 rings (SSSR count). The van der Waals surface area contributed by atoms with Crippen LogP contribution in [0.1, 0.15) is 16.3 Å². The number of carbonyl (C=O) groups is 2. The number of nitrogens with two attached hydrogens (primary N) is 1. The molecule has 2 heterocycles. The summed E-state index contributed by atoms with van der Waals surface area (Å²) in [4.78, 5) is 30.8. The second-order valence-electron chi connectivity index (χ2n) is 5.87. The molecule has 0 saturated carbocycles. The molecule has 0 bridgehead atoms. The summed E-state index contributed by atoms with van der Waals surface area (Å²) < 4.78 is 0. The van der Waals surface area contributed by atoms with E-state index in [-0.39, 0.29) is 17.9 Å². The summed E-state index contributed by atoms with van der Waals surface area (Å²) in [5.74, 6) is -0.573. The van der Waals surface area contributed by atoms with Crippen LogP contribution in [-0.4, -0.2) is 34.9 Å². The van der Waals surface area contributed by atoms with Gasteiger partial charge in [0.25, 0.3) is 0 Å². The maximum absolute atomic E-state index is 12.2. The molecule has 1 aromatic heterocycles. The summed E-state index contributed by atoms with van der Waals surface area (Å²) in [5.41, 5.74) is 7.33. The number of benzene rings is 1. The third kappa shape index (κ3) is 3.56. The molecule has 1 aliphatic rings. The van der Waals surface area contributed by atoms with E-state index >= 15 is 0 Å². The molecule has 0 spiro atoms. The van der Waals surface area contributed by atoms with Crippen molar-refractivity contribution in [1.29, 1.82) is 0 Å². The van der Waals surface area contributed by atoms with Crippen molar-refractivity contribution in [1.82, 2.24) is 15.2 Å². The summed E-state index contributed by atoms with van der Waals surface area (Å²) in [6.45, 7) is 3.37. The van der Waals surface area contributed by atoms with Gasteiger partial charge in [-0.1, -0.05) is 30.3 Å². The summed E-state index contributed by atoms with van der Waals surface area (Å²) in [5, 5.41) is 3.74. The molecule has 6 nitrogen and oxygen atoms in total. The van der Waals surface area contributed by atoms with Crippen LogP contribution in [-0.2, 0) is 11.3 Å². The van der Waals surface area contributed by atoms with Crippen LogP contribution < -0.4 is 11.1 Å². The highest BCUT2D eigenvalue weighted by Crippen LogP contribution is 2.27. The number of rotatable bonds is 4. The van der Waals surface area contributed by atoms with Gasteiger partial charge < -0.3 is 16.0 Å². The van der Waals surface area contributed by atoms with Gasteiger partial charge in [-0.15, -0.1) is 11.3 Å². The largest absolute Gasteiger partial charge is 0.369 e. The molecule has 0 aliphatic carbocycles. The molecule has 1 aromatic carbocycles. The highest BCUT2D eigenvalue weighted by atomic mass is 32.1. The lowest BCUT2D eigenvalue weighted by molar-refractivity contribution is -0.121. The zero-order chi connectivity index (χ0) is 17.1. The molecule has 0 radical (unpaired) electrons. The highest BCUT2D eigenvalue weighted by Gasteiger charge is 2.29. The minimum atomic E-state index is -0.339. The number of hydrogen-bond acceptors (Lipinski definition) is 4. The Kier molecular flexibility index (Phi) is 4.80. The number of nitrogens with zero attached hydrogens (tertiary/aromatic N) is 2. The number of aryl methyl sites for hydroxylation is 1. The molecule has 3 amide bonds. The van der Waals surface area contributed by atoms with Crippen LogP contribution in [0.4, 0.5) is 4.79 Å². The second-order valence-corrected chi connectivity index (χ2v) is 7.16. The van der Waals surface area contributed by atoms with Crippen molar-refractivity contribution in [3.8, 4) is 11.3 Å². The average Bonchev–Trinajstić information content (AvgIpc) is 3.20. The number of hydrogen-bond donors (Lipinski definition) is 2. The van der Waals surface area contributed by atoms with Crippen molar-refractivity contribution in [3.63, 3.8) is 0 Å². The number of urea groups is 1. The van der Waals surface area contributed by atoms with E-state index in [1.165, 1.54) is 0 Å². The lowest BCUT2D eigenvalue weighted by Gasteiger charge is -2.16. The predicted molar refractivity (Wildman–Crippen MR) is 93.4 cm³/mol. The maximum Gasteiger partial charge on any atom is 0.317 e.